The summed E-state index contributed by atoms with van der Waals surface area (Å²) in [6.07, 6.45) is 5.92. The second-order valence-electron chi connectivity index (χ2n) is 6.00. The molecule has 0 nitrogen and oxygen atoms in total. The zero-order chi connectivity index (χ0) is 9.64. The lowest BCUT2D eigenvalue weighted by Gasteiger charge is -2.62. The minimum absolute atomic E-state index is 0.684. The van der Waals surface area contributed by atoms with Crippen LogP contribution in [0.1, 0.15) is 53.4 Å². The number of hydrogen-bond donors (Lipinski definition) is 0. The van der Waals surface area contributed by atoms with Crippen molar-refractivity contribution in [2.45, 2.75) is 53.4 Å². The Balaban J connectivity index is 2.03. The second kappa shape index (κ2) is 3.00. The third-order valence-corrected chi connectivity index (χ3v) is 5.17. The largest absolute Gasteiger partial charge is 0.0654 e. The average Bonchev–Trinajstić information content (AvgIpc) is 2.08. The van der Waals surface area contributed by atoms with Gasteiger partial charge in [-0.25, -0.2) is 0 Å². The summed E-state index contributed by atoms with van der Waals surface area (Å²) in [6, 6.07) is 0. The summed E-state index contributed by atoms with van der Waals surface area (Å²) < 4.78 is 0. The van der Waals surface area contributed by atoms with Crippen LogP contribution in [-0.4, -0.2) is 0 Å². The van der Waals surface area contributed by atoms with Gasteiger partial charge in [0.1, 0.15) is 0 Å². The highest BCUT2D eigenvalue weighted by molar-refractivity contribution is 5.04. The van der Waals surface area contributed by atoms with Gasteiger partial charge in [-0.05, 0) is 41.9 Å². The Bertz CT molecular complexity index is 192. The van der Waals surface area contributed by atoms with Gasteiger partial charge in [-0.1, -0.05) is 40.5 Å². The number of hydrogen-bond acceptors (Lipinski definition) is 0. The molecule has 76 valence electrons. The predicted molar refractivity (Wildman–Crippen MR) is 57.6 cm³/mol. The first-order valence-corrected chi connectivity index (χ1v) is 6.07. The standard InChI is InChI=1S/C13H24/c1-5-6-10-7-11-8-12(9(10)2)13(11,3)4/h9-12H,5-8H2,1-4H3/t9-,10-,11?,12?/m0/s1. The van der Waals surface area contributed by atoms with Crippen molar-refractivity contribution in [3.8, 4) is 0 Å². The van der Waals surface area contributed by atoms with Crippen molar-refractivity contribution in [1.29, 1.82) is 0 Å². The molecule has 2 unspecified atom stereocenters. The zero-order valence-electron chi connectivity index (χ0n) is 9.64. The van der Waals surface area contributed by atoms with Gasteiger partial charge in [-0.2, -0.15) is 0 Å². The number of rotatable bonds is 2. The van der Waals surface area contributed by atoms with Crippen LogP contribution >= 0.6 is 0 Å². The van der Waals surface area contributed by atoms with Crippen LogP contribution in [0.15, 0.2) is 0 Å². The van der Waals surface area contributed by atoms with Crippen LogP contribution in [0.3, 0.4) is 0 Å². The van der Waals surface area contributed by atoms with Crippen LogP contribution in [0, 0.1) is 29.1 Å². The van der Waals surface area contributed by atoms with E-state index in [4.69, 9.17) is 0 Å². The third kappa shape index (κ3) is 1.25. The van der Waals surface area contributed by atoms with E-state index in [9.17, 15) is 0 Å². The van der Waals surface area contributed by atoms with Crippen LogP contribution in [0.4, 0.5) is 0 Å². The maximum absolute atomic E-state index is 2.50. The summed E-state index contributed by atoms with van der Waals surface area (Å²) in [5.41, 5.74) is 0.684. The quantitative estimate of drug-likeness (QED) is 0.600. The van der Waals surface area contributed by atoms with Crippen molar-refractivity contribution >= 4 is 0 Å². The minimum atomic E-state index is 0.684. The molecule has 0 saturated heterocycles. The molecular formula is C13H24. The average molecular weight is 180 g/mol. The Hall–Kier alpha value is 0. The fourth-order valence-electron chi connectivity index (χ4n) is 4.01. The minimum Gasteiger partial charge on any atom is -0.0654 e. The summed E-state index contributed by atoms with van der Waals surface area (Å²) in [5.74, 6) is 4.16. The molecule has 3 aliphatic rings. The lowest BCUT2D eigenvalue weighted by Crippen LogP contribution is -2.54. The maximum Gasteiger partial charge on any atom is -0.0295 e. The second-order valence-corrected chi connectivity index (χ2v) is 6.00. The first kappa shape index (κ1) is 9.55. The molecule has 3 aliphatic carbocycles. The van der Waals surface area contributed by atoms with Crippen molar-refractivity contribution in [2.75, 3.05) is 0 Å². The Labute approximate surface area is 83.1 Å². The van der Waals surface area contributed by atoms with E-state index in [-0.39, 0.29) is 0 Å². The Morgan fingerprint density at radius 1 is 1.23 bits per heavy atom. The molecule has 0 heteroatoms. The van der Waals surface area contributed by atoms with E-state index < -0.39 is 0 Å². The predicted octanol–water partition coefficient (Wildman–Crippen LogP) is 4.10. The summed E-state index contributed by atoms with van der Waals surface area (Å²) in [7, 11) is 0. The Morgan fingerprint density at radius 3 is 2.38 bits per heavy atom. The van der Waals surface area contributed by atoms with Crippen molar-refractivity contribution in [3.63, 3.8) is 0 Å². The van der Waals surface area contributed by atoms with Crippen LogP contribution in [-0.2, 0) is 0 Å². The van der Waals surface area contributed by atoms with Crippen LogP contribution in [0.5, 0.6) is 0 Å². The SMILES string of the molecule is CCC[C@H]1CC2CC([C@H]1C)C2(C)C. The summed E-state index contributed by atoms with van der Waals surface area (Å²) >= 11 is 0. The van der Waals surface area contributed by atoms with E-state index in [0.29, 0.717) is 5.41 Å². The van der Waals surface area contributed by atoms with Crippen LogP contribution in [0.2, 0.25) is 0 Å². The van der Waals surface area contributed by atoms with Gasteiger partial charge < -0.3 is 0 Å². The molecule has 13 heavy (non-hydrogen) atoms. The molecule has 3 fully saturated rings. The van der Waals surface area contributed by atoms with Gasteiger partial charge in [-0.3, -0.25) is 0 Å². The van der Waals surface area contributed by atoms with Crippen LogP contribution in [0.25, 0.3) is 0 Å². The molecule has 2 bridgehead atoms. The highest BCUT2D eigenvalue weighted by Crippen LogP contribution is 2.63. The van der Waals surface area contributed by atoms with E-state index in [1.165, 1.54) is 25.7 Å². The van der Waals surface area contributed by atoms with Gasteiger partial charge in [0.05, 0.1) is 0 Å². The Kier molecular flexibility index (Phi) is 2.20. The zero-order valence-corrected chi connectivity index (χ0v) is 9.64. The van der Waals surface area contributed by atoms with Crippen molar-refractivity contribution in [2.24, 2.45) is 29.1 Å². The van der Waals surface area contributed by atoms with E-state index >= 15 is 0 Å². The lowest BCUT2D eigenvalue weighted by molar-refractivity contribution is -0.130. The fourth-order valence-corrected chi connectivity index (χ4v) is 4.01. The van der Waals surface area contributed by atoms with E-state index in [0.717, 1.165) is 23.7 Å². The van der Waals surface area contributed by atoms with Gasteiger partial charge in [0, 0.05) is 0 Å². The fraction of sp³-hybridized carbons (Fsp3) is 1.00. The Morgan fingerprint density at radius 2 is 1.92 bits per heavy atom. The molecule has 0 N–H and O–H groups in total. The molecule has 0 aromatic carbocycles. The highest BCUT2D eigenvalue weighted by Gasteiger charge is 2.55. The lowest BCUT2D eigenvalue weighted by atomic mass is 9.43. The molecule has 4 atom stereocenters. The summed E-state index contributed by atoms with van der Waals surface area (Å²) in [6.45, 7) is 9.81. The molecule has 0 amide bonds. The molecule has 0 aromatic heterocycles. The molecule has 0 heterocycles. The smallest absolute Gasteiger partial charge is 0.0295 e. The molecule has 3 rings (SSSR count). The van der Waals surface area contributed by atoms with E-state index in [1.54, 1.807) is 0 Å². The molecule has 0 spiro atoms. The van der Waals surface area contributed by atoms with Crippen molar-refractivity contribution < 1.29 is 0 Å². The van der Waals surface area contributed by atoms with Gasteiger partial charge in [-0.15, -0.1) is 0 Å². The first-order valence-electron chi connectivity index (χ1n) is 6.07. The first-order chi connectivity index (χ1) is 6.07. The monoisotopic (exact) mass is 180 g/mol. The molecular weight excluding hydrogens is 156 g/mol. The summed E-state index contributed by atoms with van der Waals surface area (Å²) in [5, 5.41) is 0. The molecule has 0 aromatic rings. The van der Waals surface area contributed by atoms with Crippen molar-refractivity contribution in [3.05, 3.63) is 0 Å². The normalized spacial score (nSPS) is 47.1. The number of fused-ring (bicyclic) bond motifs is 2. The molecule has 0 radical (unpaired) electrons. The van der Waals surface area contributed by atoms with Gasteiger partial charge >= 0.3 is 0 Å². The van der Waals surface area contributed by atoms with Gasteiger partial charge in [0.25, 0.3) is 0 Å². The van der Waals surface area contributed by atoms with Crippen molar-refractivity contribution in [1.82, 2.24) is 0 Å². The van der Waals surface area contributed by atoms with E-state index in [2.05, 4.69) is 27.7 Å². The molecule has 3 saturated carbocycles. The highest BCUT2D eigenvalue weighted by atomic mass is 14.6. The molecule has 0 aliphatic heterocycles. The van der Waals surface area contributed by atoms with Crippen LogP contribution < -0.4 is 0 Å². The van der Waals surface area contributed by atoms with E-state index in [1.807, 2.05) is 0 Å². The van der Waals surface area contributed by atoms with Gasteiger partial charge in [0.2, 0.25) is 0 Å². The third-order valence-electron chi connectivity index (χ3n) is 5.17. The topological polar surface area (TPSA) is 0 Å². The maximum atomic E-state index is 2.50. The summed E-state index contributed by atoms with van der Waals surface area (Å²) in [4.78, 5) is 0. The van der Waals surface area contributed by atoms with Gasteiger partial charge in [0.15, 0.2) is 0 Å².